The fourth-order valence-electron chi connectivity index (χ4n) is 1.97. The molecule has 0 bridgehead atoms. The first-order valence-corrected chi connectivity index (χ1v) is 5.50. The number of halogens is 1. The number of aromatic nitrogens is 1. The largest absolute Gasteiger partial charge is 0.381 e. The summed E-state index contributed by atoms with van der Waals surface area (Å²) in [6.45, 7) is 2.19. The molecule has 0 radical (unpaired) electrons. The van der Waals surface area contributed by atoms with E-state index in [1.54, 1.807) is 12.4 Å². The predicted molar refractivity (Wildman–Crippen MR) is 59.9 cm³/mol. The maximum absolute atomic E-state index is 6.08. The van der Waals surface area contributed by atoms with Crippen LogP contribution in [-0.2, 0) is 11.2 Å². The Morgan fingerprint density at radius 3 is 3.07 bits per heavy atom. The molecule has 1 fully saturated rings. The summed E-state index contributed by atoms with van der Waals surface area (Å²) in [6.07, 6.45) is 5.34. The Hall–Kier alpha value is -0.640. The highest BCUT2D eigenvalue weighted by Gasteiger charge is 2.34. The second kappa shape index (κ2) is 4.47. The van der Waals surface area contributed by atoms with Crippen LogP contribution >= 0.6 is 11.6 Å². The summed E-state index contributed by atoms with van der Waals surface area (Å²) in [7, 11) is 0. The summed E-state index contributed by atoms with van der Waals surface area (Å²) >= 11 is 6.08. The highest BCUT2D eigenvalue weighted by molar-refractivity contribution is 6.31. The van der Waals surface area contributed by atoms with Crippen LogP contribution in [0.4, 0.5) is 0 Å². The molecule has 1 unspecified atom stereocenters. The smallest absolute Gasteiger partial charge is 0.0621 e. The zero-order chi connectivity index (χ0) is 10.7. The topological polar surface area (TPSA) is 48.1 Å². The van der Waals surface area contributed by atoms with Crippen molar-refractivity contribution in [2.24, 2.45) is 11.1 Å². The van der Waals surface area contributed by atoms with Gasteiger partial charge in [-0.25, -0.2) is 0 Å². The van der Waals surface area contributed by atoms with Crippen molar-refractivity contribution in [3.05, 3.63) is 29.0 Å². The van der Waals surface area contributed by atoms with Gasteiger partial charge < -0.3 is 10.5 Å². The van der Waals surface area contributed by atoms with E-state index in [1.807, 2.05) is 6.07 Å². The molecule has 1 saturated heterocycles. The van der Waals surface area contributed by atoms with Gasteiger partial charge in [-0.3, -0.25) is 4.98 Å². The Balaban J connectivity index is 2.16. The van der Waals surface area contributed by atoms with Gasteiger partial charge >= 0.3 is 0 Å². The average molecular weight is 227 g/mol. The van der Waals surface area contributed by atoms with Crippen molar-refractivity contribution in [1.82, 2.24) is 4.98 Å². The van der Waals surface area contributed by atoms with Gasteiger partial charge in [0.2, 0.25) is 0 Å². The number of pyridine rings is 1. The summed E-state index contributed by atoms with van der Waals surface area (Å²) in [5, 5.41) is 0.720. The number of nitrogens with two attached hydrogens (primary N) is 1. The lowest BCUT2D eigenvalue weighted by atomic mass is 9.81. The number of hydrogen-bond acceptors (Lipinski definition) is 3. The molecule has 1 aliphatic heterocycles. The van der Waals surface area contributed by atoms with Gasteiger partial charge in [0.15, 0.2) is 0 Å². The lowest BCUT2D eigenvalue weighted by Gasteiger charge is -2.25. The van der Waals surface area contributed by atoms with Crippen molar-refractivity contribution >= 4 is 11.6 Å². The average Bonchev–Trinajstić information content (AvgIpc) is 2.71. The predicted octanol–water partition coefficient (Wildman–Crippen LogP) is 1.64. The number of hydrogen-bond donors (Lipinski definition) is 1. The molecule has 15 heavy (non-hydrogen) atoms. The Labute approximate surface area is 94.6 Å². The minimum Gasteiger partial charge on any atom is -0.381 e. The highest BCUT2D eigenvalue weighted by Crippen LogP contribution is 2.33. The normalized spacial score (nSPS) is 25.7. The first-order chi connectivity index (χ1) is 7.26. The molecule has 0 aromatic carbocycles. The van der Waals surface area contributed by atoms with Crippen molar-refractivity contribution in [3.63, 3.8) is 0 Å². The summed E-state index contributed by atoms with van der Waals surface area (Å²) < 4.78 is 5.42. The van der Waals surface area contributed by atoms with Gasteiger partial charge in [-0.15, -0.1) is 0 Å². The van der Waals surface area contributed by atoms with E-state index >= 15 is 0 Å². The monoisotopic (exact) mass is 226 g/mol. The lowest BCUT2D eigenvalue weighted by molar-refractivity contribution is 0.154. The van der Waals surface area contributed by atoms with E-state index in [0.717, 1.165) is 36.6 Å². The molecule has 2 heterocycles. The van der Waals surface area contributed by atoms with Crippen molar-refractivity contribution in [3.8, 4) is 0 Å². The van der Waals surface area contributed by atoms with Crippen LogP contribution < -0.4 is 5.73 Å². The molecular weight excluding hydrogens is 212 g/mol. The Bertz CT molecular complexity index is 337. The van der Waals surface area contributed by atoms with E-state index in [9.17, 15) is 0 Å². The molecule has 0 spiro atoms. The van der Waals surface area contributed by atoms with E-state index < -0.39 is 0 Å². The van der Waals surface area contributed by atoms with Crippen LogP contribution in [0.3, 0.4) is 0 Å². The second-order valence-electron chi connectivity index (χ2n) is 4.15. The Morgan fingerprint density at radius 1 is 1.60 bits per heavy atom. The molecule has 3 nitrogen and oxygen atoms in total. The van der Waals surface area contributed by atoms with E-state index in [1.165, 1.54) is 0 Å². The van der Waals surface area contributed by atoms with E-state index in [2.05, 4.69) is 4.98 Å². The van der Waals surface area contributed by atoms with E-state index in [0.29, 0.717) is 6.54 Å². The summed E-state index contributed by atoms with van der Waals surface area (Å²) in [5.74, 6) is 0. The minimum atomic E-state index is 0.0744. The first kappa shape index (κ1) is 10.9. The van der Waals surface area contributed by atoms with Crippen LogP contribution in [0.1, 0.15) is 12.0 Å². The van der Waals surface area contributed by atoms with Crippen molar-refractivity contribution in [2.75, 3.05) is 19.8 Å². The SMILES string of the molecule is NCC1(Cc2ccncc2Cl)CCOC1. The Morgan fingerprint density at radius 2 is 2.47 bits per heavy atom. The van der Waals surface area contributed by atoms with Crippen LogP contribution in [-0.4, -0.2) is 24.7 Å². The molecule has 0 saturated carbocycles. The number of nitrogens with zero attached hydrogens (tertiary/aromatic N) is 1. The van der Waals surface area contributed by atoms with Crippen molar-refractivity contribution in [2.45, 2.75) is 12.8 Å². The van der Waals surface area contributed by atoms with Crippen molar-refractivity contribution < 1.29 is 4.74 Å². The Kier molecular flexibility index (Phi) is 3.24. The highest BCUT2D eigenvalue weighted by atomic mass is 35.5. The third kappa shape index (κ3) is 2.30. The molecule has 4 heteroatoms. The molecule has 1 aromatic rings. The third-order valence-corrected chi connectivity index (χ3v) is 3.38. The first-order valence-electron chi connectivity index (χ1n) is 5.12. The zero-order valence-corrected chi connectivity index (χ0v) is 9.33. The molecule has 2 rings (SSSR count). The quantitative estimate of drug-likeness (QED) is 0.853. The molecule has 2 N–H and O–H groups in total. The molecule has 0 amide bonds. The van der Waals surface area contributed by atoms with Gasteiger partial charge in [-0.2, -0.15) is 0 Å². The van der Waals surface area contributed by atoms with E-state index in [-0.39, 0.29) is 5.41 Å². The molecular formula is C11H15ClN2O. The third-order valence-electron chi connectivity index (χ3n) is 3.04. The van der Waals surface area contributed by atoms with Crippen LogP contribution in [0.15, 0.2) is 18.5 Å². The molecule has 0 aliphatic carbocycles. The summed E-state index contributed by atoms with van der Waals surface area (Å²) in [6, 6.07) is 1.96. The van der Waals surface area contributed by atoms with Crippen LogP contribution in [0.5, 0.6) is 0 Å². The fourth-order valence-corrected chi connectivity index (χ4v) is 2.16. The van der Waals surface area contributed by atoms with Gasteiger partial charge in [0.25, 0.3) is 0 Å². The molecule has 82 valence electrons. The lowest BCUT2D eigenvalue weighted by Crippen LogP contribution is -2.33. The van der Waals surface area contributed by atoms with Crippen LogP contribution in [0.25, 0.3) is 0 Å². The molecule has 1 aliphatic rings. The van der Waals surface area contributed by atoms with Crippen LogP contribution in [0.2, 0.25) is 5.02 Å². The van der Waals surface area contributed by atoms with Gasteiger partial charge in [0.1, 0.15) is 0 Å². The van der Waals surface area contributed by atoms with Crippen molar-refractivity contribution in [1.29, 1.82) is 0 Å². The van der Waals surface area contributed by atoms with Gasteiger partial charge in [-0.05, 0) is 24.5 Å². The summed E-state index contributed by atoms with van der Waals surface area (Å²) in [4.78, 5) is 3.97. The van der Waals surface area contributed by atoms with E-state index in [4.69, 9.17) is 22.1 Å². The maximum Gasteiger partial charge on any atom is 0.0621 e. The zero-order valence-electron chi connectivity index (χ0n) is 8.58. The summed E-state index contributed by atoms with van der Waals surface area (Å²) in [5.41, 5.74) is 7.02. The fraction of sp³-hybridized carbons (Fsp3) is 0.545. The van der Waals surface area contributed by atoms with Gasteiger partial charge in [0.05, 0.1) is 11.6 Å². The standard InChI is InChI=1S/C11H15ClN2O/c12-10-6-14-3-1-9(10)5-11(7-13)2-4-15-8-11/h1,3,6H,2,4-5,7-8,13H2. The molecule has 1 atom stereocenters. The van der Waals surface area contributed by atoms with Crippen LogP contribution in [0, 0.1) is 5.41 Å². The molecule has 1 aromatic heterocycles. The number of rotatable bonds is 3. The minimum absolute atomic E-state index is 0.0744. The van der Waals surface area contributed by atoms with Gasteiger partial charge in [0, 0.05) is 31.0 Å². The maximum atomic E-state index is 6.08. The van der Waals surface area contributed by atoms with Gasteiger partial charge in [-0.1, -0.05) is 11.6 Å². The second-order valence-corrected chi connectivity index (χ2v) is 4.56. The number of ether oxygens (including phenoxy) is 1.